The summed E-state index contributed by atoms with van der Waals surface area (Å²) in [5, 5.41) is 0. The van der Waals surface area contributed by atoms with E-state index < -0.39 is 49.4 Å². The highest BCUT2D eigenvalue weighted by Gasteiger charge is 2.60. The fourth-order valence-corrected chi connectivity index (χ4v) is 1.47. The number of hydrogen-bond donors (Lipinski definition) is 0. The Bertz CT molecular complexity index is 269. The van der Waals surface area contributed by atoms with E-state index in [2.05, 4.69) is 0 Å². The van der Waals surface area contributed by atoms with Gasteiger partial charge in [0.15, 0.2) is 0 Å². The monoisotopic (exact) mass is 330 g/mol. The van der Waals surface area contributed by atoms with Crippen LogP contribution in [0.4, 0.5) is 52.7 Å². The van der Waals surface area contributed by atoms with Crippen LogP contribution in [0.25, 0.3) is 0 Å². The lowest BCUT2D eigenvalue weighted by Crippen LogP contribution is -2.43. The minimum absolute atomic E-state index is 3.03. The van der Waals surface area contributed by atoms with E-state index in [1.165, 1.54) is 0 Å². The summed E-state index contributed by atoms with van der Waals surface area (Å²) >= 11 is 0. The molecule has 122 valence electrons. The van der Waals surface area contributed by atoms with Crippen LogP contribution in [0.3, 0.4) is 0 Å². The molecule has 12 heteroatoms. The van der Waals surface area contributed by atoms with Crippen LogP contribution in [0.15, 0.2) is 0 Å². The summed E-state index contributed by atoms with van der Waals surface area (Å²) in [6.07, 6.45) is -29.6. The molecule has 0 amide bonds. The molecule has 0 radical (unpaired) electrons. The first-order valence-electron chi connectivity index (χ1n) is 4.70. The Morgan fingerprint density at radius 1 is 0.450 bits per heavy atom. The van der Waals surface area contributed by atoms with Gasteiger partial charge in [-0.1, -0.05) is 0 Å². The van der Waals surface area contributed by atoms with Crippen molar-refractivity contribution in [3.63, 3.8) is 0 Å². The highest BCUT2D eigenvalue weighted by atomic mass is 19.4. The maximum Gasteiger partial charge on any atom is 0.392 e. The predicted octanol–water partition coefficient (Wildman–Crippen LogP) is 5.25. The number of hydrogen-bond acceptors (Lipinski definition) is 0. The summed E-state index contributed by atoms with van der Waals surface area (Å²) in [7, 11) is 0. The second-order valence-corrected chi connectivity index (χ2v) is 3.93. The summed E-state index contributed by atoms with van der Waals surface area (Å²) in [5.74, 6) is -8.41. The molecule has 0 aliphatic carbocycles. The number of halogens is 12. The second-order valence-electron chi connectivity index (χ2n) is 3.93. The van der Waals surface area contributed by atoms with Crippen molar-refractivity contribution >= 4 is 0 Å². The predicted molar refractivity (Wildman–Crippen MR) is 40.4 cm³/mol. The van der Waals surface area contributed by atoms with Gasteiger partial charge in [0.25, 0.3) is 0 Å². The highest BCUT2D eigenvalue weighted by Crippen LogP contribution is 2.49. The lowest BCUT2D eigenvalue weighted by molar-refractivity contribution is -0.293. The lowest BCUT2D eigenvalue weighted by Gasteiger charge is -2.31. The summed E-state index contributed by atoms with van der Waals surface area (Å²) in [5.41, 5.74) is 0. The van der Waals surface area contributed by atoms with Gasteiger partial charge >= 0.3 is 24.7 Å². The van der Waals surface area contributed by atoms with Gasteiger partial charge in [-0.05, 0) is 0 Å². The van der Waals surface area contributed by atoms with Crippen LogP contribution >= 0.6 is 0 Å². The van der Waals surface area contributed by atoms with E-state index in [1.54, 1.807) is 0 Å². The van der Waals surface area contributed by atoms with Gasteiger partial charge in [-0.2, -0.15) is 52.7 Å². The van der Waals surface area contributed by atoms with Crippen LogP contribution in [-0.2, 0) is 0 Å². The summed E-state index contributed by atoms with van der Waals surface area (Å²) < 4.78 is 145. The third-order valence-electron chi connectivity index (χ3n) is 2.23. The molecule has 0 saturated carbocycles. The van der Waals surface area contributed by atoms with E-state index in [1.807, 2.05) is 0 Å². The first-order valence-corrected chi connectivity index (χ1v) is 4.70. The Morgan fingerprint density at radius 2 is 0.650 bits per heavy atom. The molecule has 0 rings (SSSR count). The van der Waals surface area contributed by atoms with Crippen LogP contribution in [0.2, 0.25) is 0 Å². The molecule has 0 spiro atoms. The van der Waals surface area contributed by atoms with Gasteiger partial charge in [-0.3, -0.25) is 0 Å². The van der Waals surface area contributed by atoms with Crippen LogP contribution in [0, 0.1) is 11.8 Å². The van der Waals surface area contributed by atoms with Crippen LogP contribution in [0.5, 0.6) is 0 Å². The molecule has 0 aromatic rings. The van der Waals surface area contributed by atoms with E-state index >= 15 is 0 Å². The van der Waals surface area contributed by atoms with Gasteiger partial charge in [0.05, 0.1) is 24.7 Å². The van der Waals surface area contributed by atoms with Crippen LogP contribution < -0.4 is 0 Å². The first-order chi connectivity index (χ1) is 8.43. The molecule has 2 unspecified atom stereocenters. The van der Waals surface area contributed by atoms with E-state index in [0.29, 0.717) is 0 Å². The second kappa shape index (κ2) is 5.51. The third kappa shape index (κ3) is 7.08. The zero-order valence-corrected chi connectivity index (χ0v) is 9.10. The zero-order valence-electron chi connectivity index (χ0n) is 9.10. The van der Waals surface area contributed by atoms with Crippen molar-refractivity contribution in [2.24, 2.45) is 11.8 Å². The zero-order chi connectivity index (χ0) is 16.6. The summed E-state index contributed by atoms with van der Waals surface area (Å²) in [6.45, 7) is 0. The summed E-state index contributed by atoms with van der Waals surface area (Å²) in [6, 6.07) is 0. The molecular formula is C8H6F12. The van der Waals surface area contributed by atoms with Gasteiger partial charge in [0.2, 0.25) is 0 Å². The standard InChI is InChI=1S/C8H6F12/c9-5(10,11)1-3(7(15,16)17)4(8(18,19)20)2-6(12,13)14/h3-4H,1-2H2. The van der Waals surface area contributed by atoms with Crippen molar-refractivity contribution in [2.75, 3.05) is 0 Å². The maximum atomic E-state index is 12.2. The van der Waals surface area contributed by atoms with Gasteiger partial charge in [-0.15, -0.1) is 0 Å². The fourth-order valence-electron chi connectivity index (χ4n) is 1.47. The minimum atomic E-state index is -6.07. The molecule has 0 fully saturated rings. The quantitative estimate of drug-likeness (QED) is 0.620. The molecule has 0 nitrogen and oxygen atoms in total. The molecule has 0 aromatic heterocycles. The van der Waals surface area contributed by atoms with Crippen molar-refractivity contribution in [1.29, 1.82) is 0 Å². The number of rotatable bonds is 3. The molecule has 0 saturated heterocycles. The Hall–Kier alpha value is -0.840. The van der Waals surface area contributed by atoms with Crippen molar-refractivity contribution in [2.45, 2.75) is 37.5 Å². The highest BCUT2D eigenvalue weighted by molar-refractivity contribution is 4.85. The van der Waals surface area contributed by atoms with Crippen molar-refractivity contribution < 1.29 is 52.7 Å². The van der Waals surface area contributed by atoms with Gasteiger partial charge in [0.1, 0.15) is 0 Å². The first kappa shape index (κ1) is 19.2. The smallest absolute Gasteiger partial charge is 0.171 e. The van der Waals surface area contributed by atoms with Gasteiger partial charge in [0, 0.05) is 0 Å². The summed E-state index contributed by atoms with van der Waals surface area (Å²) in [4.78, 5) is 0. The molecule has 2 atom stereocenters. The molecule has 0 aliphatic rings. The maximum absolute atomic E-state index is 12.2. The Kier molecular flexibility index (Phi) is 5.28. The van der Waals surface area contributed by atoms with Crippen LogP contribution in [0.1, 0.15) is 12.8 Å². The molecular weight excluding hydrogens is 324 g/mol. The normalized spacial score (nSPS) is 18.0. The topological polar surface area (TPSA) is 0 Å². The van der Waals surface area contributed by atoms with Crippen molar-refractivity contribution in [3.8, 4) is 0 Å². The Balaban J connectivity index is 5.54. The molecule has 0 aliphatic heterocycles. The largest absolute Gasteiger partial charge is 0.392 e. The van der Waals surface area contributed by atoms with E-state index in [4.69, 9.17) is 0 Å². The molecule has 0 N–H and O–H groups in total. The molecule has 0 aromatic carbocycles. The molecule has 0 heterocycles. The third-order valence-corrected chi connectivity index (χ3v) is 2.23. The average Bonchev–Trinajstić information content (AvgIpc) is 2.04. The minimum Gasteiger partial charge on any atom is -0.171 e. The van der Waals surface area contributed by atoms with E-state index in [9.17, 15) is 52.7 Å². The average molecular weight is 330 g/mol. The fraction of sp³-hybridized carbons (Fsp3) is 1.00. The van der Waals surface area contributed by atoms with Crippen molar-refractivity contribution in [3.05, 3.63) is 0 Å². The molecule has 20 heavy (non-hydrogen) atoms. The van der Waals surface area contributed by atoms with E-state index in [-0.39, 0.29) is 0 Å². The van der Waals surface area contributed by atoms with Crippen molar-refractivity contribution in [1.82, 2.24) is 0 Å². The van der Waals surface area contributed by atoms with Gasteiger partial charge in [-0.25, -0.2) is 0 Å². The Morgan fingerprint density at radius 3 is 0.750 bits per heavy atom. The number of alkyl halides is 12. The van der Waals surface area contributed by atoms with Gasteiger partial charge < -0.3 is 0 Å². The van der Waals surface area contributed by atoms with Crippen LogP contribution in [-0.4, -0.2) is 24.7 Å². The van der Waals surface area contributed by atoms with E-state index in [0.717, 1.165) is 0 Å². The lowest BCUT2D eigenvalue weighted by atomic mass is 9.85. The Labute approximate surface area is 103 Å². The SMILES string of the molecule is FC(F)(F)CC(C(CC(F)(F)F)C(F)(F)F)C(F)(F)F. The molecule has 0 bridgehead atoms.